The smallest absolute Gasteiger partial charge is 0.119 e. The third kappa shape index (κ3) is 3.90. The predicted molar refractivity (Wildman–Crippen MR) is 88.8 cm³/mol. The van der Waals surface area contributed by atoms with E-state index >= 15 is 0 Å². The van der Waals surface area contributed by atoms with Crippen molar-refractivity contribution in [2.24, 2.45) is 0 Å². The van der Waals surface area contributed by atoms with E-state index in [0.717, 1.165) is 32.1 Å². The van der Waals surface area contributed by atoms with Gasteiger partial charge in [-0.3, -0.25) is 0 Å². The Kier molecular flexibility index (Phi) is 5.32. The number of nitrogens with one attached hydrogen (secondary N) is 1. The number of benzene rings is 2. The van der Waals surface area contributed by atoms with Crippen molar-refractivity contribution < 1.29 is 4.74 Å². The van der Waals surface area contributed by atoms with Crippen molar-refractivity contribution in [1.29, 1.82) is 0 Å². The zero-order valence-corrected chi connectivity index (χ0v) is 13.9. The molecular formula is C16H17BrClNO. The summed E-state index contributed by atoms with van der Waals surface area (Å²) in [7, 11) is 0. The molecule has 0 saturated heterocycles. The maximum atomic E-state index is 6.19. The Morgan fingerprint density at radius 3 is 2.70 bits per heavy atom. The number of rotatable bonds is 5. The monoisotopic (exact) mass is 353 g/mol. The average Bonchev–Trinajstić information content (AvgIpc) is 2.42. The Morgan fingerprint density at radius 1 is 1.20 bits per heavy atom. The maximum absolute atomic E-state index is 6.19. The van der Waals surface area contributed by atoms with Crippen LogP contribution in [0.2, 0.25) is 5.02 Å². The highest BCUT2D eigenvalue weighted by molar-refractivity contribution is 9.10. The number of hydrogen-bond acceptors (Lipinski definition) is 2. The third-order valence-electron chi connectivity index (χ3n) is 2.99. The van der Waals surface area contributed by atoms with E-state index < -0.39 is 0 Å². The summed E-state index contributed by atoms with van der Waals surface area (Å²) in [5.41, 5.74) is 3.31. The van der Waals surface area contributed by atoms with Crippen LogP contribution < -0.4 is 10.1 Å². The van der Waals surface area contributed by atoms with Gasteiger partial charge in [0.1, 0.15) is 5.75 Å². The molecule has 106 valence electrons. The Labute approximate surface area is 133 Å². The highest BCUT2D eigenvalue weighted by Crippen LogP contribution is 2.25. The zero-order valence-electron chi connectivity index (χ0n) is 11.5. The summed E-state index contributed by atoms with van der Waals surface area (Å²) in [5, 5.41) is 4.17. The van der Waals surface area contributed by atoms with Gasteiger partial charge >= 0.3 is 0 Å². The van der Waals surface area contributed by atoms with Crippen LogP contribution >= 0.6 is 27.5 Å². The lowest BCUT2D eigenvalue weighted by molar-refractivity contribution is 0.340. The molecule has 0 unspecified atom stereocenters. The zero-order chi connectivity index (χ0) is 14.5. The normalized spacial score (nSPS) is 10.4. The van der Waals surface area contributed by atoms with Gasteiger partial charge in [-0.1, -0.05) is 27.5 Å². The van der Waals surface area contributed by atoms with Crippen LogP contribution in [0.4, 0.5) is 5.69 Å². The van der Waals surface area contributed by atoms with Crippen molar-refractivity contribution in [3.05, 3.63) is 57.0 Å². The highest BCUT2D eigenvalue weighted by atomic mass is 79.9. The van der Waals surface area contributed by atoms with Gasteiger partial charge in [0.15, 0.2) is 0 Å². The highest BCUT2D eigenvalue weighted by Gasteiger charge is 2.04. The molecule has 2 aromatic carbocycles. The molecule has 0 bridgehead atoms. The minimum Gasteiger partial charge on any atom is -0.494 e. The largest absolute Gasteiger partial charge is 0.494 e. The van der Waals surface area contributed by atoms with Crippen LogP contribution in [-0.4, -0.2) is 6.61 Å². The Hall–Kier alpha value is -1.19. The second-order valence-corrected chi connectivity index (χ2v) is 5.82. The van der Waals surface area contributed by atoms with Crippen LogP contribution in [0.5, 0.6) is 5.75 Å². The molecule has 0 aliphatic rings. The molecule has 0 spiro atoms. The summed E-state index contributed by atoms with van der Waals surface area (Å²) in [4.78, 5) is 0. The summed E-state index contributed by atoms with van der Waals surface area (Å²) in [6.45, 7) is 5.41. The molecule has 0 fully saturated rings. The van der Waals surface area contributed by atoms with Crippen molar-refractivity contribution >= 4 is 33.2 Å². The predicted octanol–water partition coefficient (Wildman–Crippen LogP) is 5.42. The lowest BCUT2D eigenvalue weighted by Gasteiger charge is -2.12. The van der Waals surface area contributed by atoms with Crippen LogP contribution in [0.1, 0.15) is 18.1 Å². The van der Waals surface area contributed by atoms with Crippen molar-refractivity contribution in [2.75, 3.05) is 11.9 Å². The minimum absolute atomic E-state index is 0.680. The van der Waals surface area contributed by atoms with Crippen molar-refractivity contribution in [3.8, 4) is 5.75 Å². The maximum Gasteiger partial charge on any atom is 0.119 e. The van der Waals surface area contributed by atoms with Gasteiger partial charge in [-0.2, -0.15) is 0 Å². The Balaban J connectivity index is 2.09. The molecule has 0 aromatic heterocycles. The summed E-state index contributed by atoms with van der Waals surface area (Å²) >= 11 is 9.65. The van der Waals surface area contributed by atoms with E-state index in [4.69, 9.17) is 16.3 Å². The summed E-state index contributed by atoms with van der Waals surface area (Å²) in [5.74, 6) is 0.899. The van der Waals surface area contributed by atoms with E-state index in [0.29, 0.717) is 13.2 Å². The van der Waals surface area contributed by atoms with Gasteiger partial charge in [0.25, 0.3) is 0 Å². The Morgan fingerprint density at radius 2 is 2.00 bits per heavy atom. The van der Waals surface area contributed by atoms with Crippen LogP contribution in [0.15, 0.2) is 40.9 Å². The molecule has 2 rings (SSSR count). The molecule has 0 amide bonds. The summed E-state index contributed by atoms with van der Waals surface area (Å²) in [6.07, 6.45) is 0. The summed E-state index contributed by atoms with van der Waals surface area (Å²) < 4.78 is 6.51. The van der Waals surface area contributed by atoms with Crippen molar-refractivity contribution in [3.63, 3.8) is 0 Å². The van der Waals surface area contributed by atoms with Crippen LogP contribution in [0.3, 0.4) is 0 Å². The number of halogens is 2. The molecule has 20 heavy (non-hydrogen) atoms. The van der Waals surface area contributed by atoms with Gasteiger partial charge in [-0.15, -0.1) is 0 Å². The lowest BCUT2D eigenvalue weighted by atomic mass is 10.1. The molecule has 0 atom stereocenters. The number of ether oxygens (including phenoxy) is 1. The first-order chi connectivity index (χ1) is 9.60. The van der Waals surface area contributed by atoms with E-state index in [-0.39, 0.29) is 0 Å². The van der Waals surface area contributed by atoms with Gasteiger partial charge in [-0.25, -0.2) is 0 Å². The molecule has 0 aliphatic heterocycles. The molecule has 1 N–H and O–H groups in total. The molecule has 0 radical (unpaired) electrons. The molecule has 0 heterocycles. The molecule has 4 heteroatoms. The summed E-state index contributed by atoms with van der Waals surface area (Å²) in [6, 6.07) is 11.9. The number of anilines is 1. The standard InChI is InChI=1S/C16H17BrClNO/c1-3-20-14-5-7-16(11(2)8-14)19-10-12-9-13(17)4-6-15(12)18/h4-9,19H,3,10H2,1-2H3. The van der Waals surface area contributed by atoms with Crippen LogP contribution in [-0.2, 0) is 6.54 Å². The number of aryl methyl sites for hydroxylation is 1. The van der Waals surface area contributed by atoms with Gasteiger partial charge in [0.05, 0.1) is 6.61 Å². The van der Waals surface area contributed by atoms with E-state index in [1.807, 2.05) is 43.3 Å². The average molecular weight is 355 g/mol. The van der Waals surface area contributed by atoms with Crippen LogP contribution in [0, 0.1) is 6.92 Å². The fourth-order valence-corrected chi connectivity index (χ4v) is 2.55. The molecule has 2 nitrogen and oxygen atoms in total. The van der Waals surface area contributed by atoms with Gasteiger partial charge < -0.3 is 10.1 Å². The van der Waals surface area contributed by atoms with Gasteiger partial charge in [0, 0.05) is 21.7 Å². The molecule has 0 aliphatic carbocycles. The molecule has 0 saturated carbocycles. The van der Waals surface area contributed by atoms with E-state index in [1.165, 1.54) is 0 Å². The van der Waals surface area contributed by atoms with Crippen molar-refractivity contribution in [2.45, 2.75) is 20.4 Å². The fraction of sp³-hybridized carbons (Fsp3) is 0.250. The van der Waals surface area contributed by atoms with E-state index in [2.05, 4.69) is 28.2 Å². The first-order valence-electron chi connectivity index (χ1n) is 6.51. The lowest BCUT2D eigenvalue weighted by Crippen LogP contribution is -2.02. The van der Waals surface area contributed by atoms with Gasteiger partial charge in [-0.05, 0) is 61.4 Å². The second kappa shape index (κ2) is 7.00. The molecule has 2 aromatic rings. The van der Waals surface area contributed by atoms with E-state index in [9.17, 15) is 0 Å². The Bertz CT molecular complexity index is 601. The first kappa shape index (κ1) is 15.2. The quantitative estimate of drug-likeness (QED) is 0.774. The van der Waals surface area contributed by atoms with Crippen LogP contribution in [0.25, 0.3) is 0 Å². The van der Waals surface area contributed by atoms with Gasteiger partial charge in [0.2, 0.25) is 0 Å². The van der Waals surface area contributed by atoms with Crippen molar-refractivity contribution in [1.82, 2.24) is 0 Å². The molecular weight excluding hydrogens is 338 g/mol. The first-order valence-corrected chi connectivity index (χ1v) is 7.68. The third-order valence-corrected chi connectivity index (χ3v) is 3.85. The number of hydrogen-bond donors (Lipinski definition) is 1. The topological polar surface area (TPSA) is 21.3 Å². The fourth-order valence-electron chi connectivity index (χ4n) is 1.96. The van der Waals surface area contributed by atoms with E-state index in [1.54, 1.807) is 0 Å². The SMILES string of the molecule is CCOc1ccc(NCc2cc(Br)ccc2Cl)c(C)c1. The minimum atomic E-state index is 0.680. The second-order valence-electron chi connectivity index (χ2n) is 4.50.